The maximum Gasteiger partial charge on any atom is 0.278 e. The molecule has 7 heteroatoms. The van der Waals surface area contributed by atoms with Gasteiger partial charge in [-0.25, -0.2) is 0 Å². The monoisotopic (exact) mass is 486 g/mol. The summed E-state index contributed by atoms with van der Waals surface area (Å²) in [6.07, 6.45) is 0.529. The highest BCUT2D eigenvalue weighted by atomic mass is 35.5. The van der Waals surface area contributed by atoms with Gasteiger partial charge in [-0.15, -0.1) is 0 Å². The van der Waals surface area contributed by atoms with Gasteiger partial charge in [0, 0.05) is 21.6 Å². The summed E-state index contributed by atoms with van der Waals surface area (Å²) in [6.45, 7) is 5.80. The lowest BCUT2D eigenvalue weighted by molar-refractivity contribution is -0.125. The summed E-state index contributed by atoms with van der Waals surface area (Å²) in [5.74, 6) is -0.494. The average molecular weight is 487 g/mol. The normalized spacial score (nSPS) is 17.9. The molecule has 2 heterocycles. The number of hydrogen-bond acceptors (Lipinski definition) is 3. The van der Waals surface area contributed by atoms with Crippen LogP contribution in [0.3, 0.4) is 0 Å². The van der Waals surface area contributed by atoms with E-state index >= 15 is 0 Å². The van der Waals surface area contributed by atoms with E-state index in [0.717, 1.165) is 16.5 Å². The van der Waals surface area contributed by atoms with Crippen molar-refractivity contribution in [3.05, 3.63) is 95.1 Å². The van der Waals surface area contributed by atoms with E-state index in [2.05, 4.69) is 5.32 Å². The summed E-state index contributed by atoms with van der Waals surface area (Å²) in [5.41, 5.74) is 2.40. The summed E-state index contributed by atoms with van der Waals surface area (Å²) in [4.78, 5) is 29.6. The second-order valence-electron chi connectivity index (χ2n) is 9.90. The number of halogens is 1. The van der Waals surface area contributed by atoms with E-state index < -0.39 is 17.6 Å². The molecule has 0 spiro atoms. The predicted molar refractivity (Wildman–Crippen MR) is 139 cm³/mol. The molecule has 0 radical (unpaired) electrons. The largest absolute Gasteiger partial charge is 0.350 e. The fourth-order valence-corrected chi connectivity index (χ4v) is 4.84. The first kappa shape index (κ1) is 23.1. The van der Waals surface area contributed by atoms with Crippen LogP contribution in [0, 0.1) is 0 Å². The van der Waals surface area contributed by atoms with Crippen LogP contribution < -0.4 is 10.2 Å². The molecule has 0 aliphatic carbocycles. The number of carbonyl (C=O) groups excluding carboxylic acids is 2. The van der Waals surface area contributed by atoms with Crippen molar-refractivity contribution < 1.29 is 9.59 Å². The summed E-state index contributed by atoms with van der Waals surface area (Å²) < 4.78 is 1.76. The standard InChI is InChI=1S/C28H27ClN4O2/c1-28(2,3)30-26(34)25-23(17-18-9-5-4-6-10-18)33-24(21-11-7-8-12-22(21)31-33)27(35)32(25)20-15-13-19(29)14-16-20/h4-16,23,25H,17H2,1-3H3,(H,30,34). The highest BCUT2D eigenvalue weighted by molar-refractivity contribution is 6.30. The van der Waals surface area contributed by atoms with E-state index in [4.69, 9.17) is 16.7 Å². The van der Waals surface area contributed by atoms with Crippen LogP contribution in [0.15, 0.2) is 78.9 Å². The van der Waals surface area contributed by atoms with Gasteiger partial charge in [0.2, 0.25) is 5.91 Å². The quantitative estimate of drug-likeness (QED) is 0.419. The maximum absolute atomic E-state index is 14.1. The van der Waals surface area contributed by atoms with Gasteiger partial charge in [-0.3, -0.25) is 19.2 Å². The summed E-state index contributed by atoms with van der Waals surface area (Å²) >= 11 is 6.15. The van der Waals surface area contributed by atoms with E-state index in [-0.39, 0.29) is 11.8 Å². The van der Waals surface area contributed by atoms with Gasteiger partial charge in [-0.05, 0) is 63.1 Å². The molecule has 0 bridgehead atoms. The van der Waals surface area contributed by atoms with Crippen molar-refractivity contribution in [3.8, 4) is 0 Å². The Morgan fingerprint density at radius 2 is 1.63 bits per heavy atom. The third-order valence-corrected chi connectivity index (χ3v) is 6.39. The van der Waals surface area contributed by atoms with Gasteiger partial charge in [0.1, 0.15) is 11.7 Å². The smallest absolute Gasteiger partial charge is 0.278 e. The van der Waals surface area contributed by atoms with Gasteiger partial charge in [-0.2, -0.15) is 5.10 Å². The third kappa shape index (κ3) is 4.42. The lowest BCUT2D eigenvalue weighted by Crippen LogP contribution is -2.60. The molecule has 3 aromatic carbocycles. The Kier molecular flexibility index (Phi) is 5.85. The first-order chi connectivity index (χ1) is 16.7. The van der Waals surface area contributed by atoms with E-state index in [1.165, 1.54) is 0 Å². The highest BCUT2D eigenvalue weighted by Crippen LogP contribution is 2.37. The molecule has 4 aromatic rings. The number of aromatic nitrogens is 2. The lowest BCUT2D eigenvalue weighted by Gasteiger charge is -2.41. The molecule has 1 N–H and O–H groups in total. The fraction of sp³-hybridized carbons (Fsp3) is 0.250. The van der Waals surface area contributed by atoms with Crippen molar-refractivity contribution >= 4 is 40.0 Å². The number of benzene rings is 3. The van der Waals surface area contributed by atoms with Crippen molar-refractivity contribution in [2.75, 3.05) is 4.90 Å². The Bertz CT molecular complexity index is 1390. The molecular formula is C28H27ClN4O2. The number of anilines is 1. The zero-order valence-corrected chi connectivity index (χ0v) is 20.7. The van der Waals surface area contributed by atoms with Crippen molar-refractivity contribution in [2.24, 2.45) is 0 Å². The Morgan fingerprint density at radius 3 is 2.31 bits per heavy atom. The van der Waals surface area contributed by atoms with Crippen LogP contribution in [0.2, 0.25) is 5.02 Å². The third-order valence-electron chi connectivity index (χ3n) is 6.14. The second kappa shape index (κ2) is 8.86. The van der Waals surface area contributed by atoms with Gasteiger partial charge < -0.3 is 5.32 Å². The molecular weight excluding hydrogens is 460 g/mol. The average Bonchev–Trinajstić information content (AvgIpc) is 3.21. The Balaban J connectivity index is 1.74. The molecule has 2 amide bonds. The topological polar surface area (TPSA) is 67.2 Å². The Labute approximate surface area is 209 Å². The number of hydrogen-bond donors (Lipinski definition) is 1. The predicted octanol–water partition coefficient (Wildman–Crippen LogP) is 5.42. The second-order valence-corrected chi connectivity index (χ2v) is 10.3. The fourth-order valence-electron chi connectivity index (χ4n) is 4.72. The molecule has 2 unspecified atom stereocenters. The van der Waals surface area contributed by atoms with Crippen LogP contribution in [0.4, 0.5) is 5.69 Å². The highest BCUT2D eigenvalue weighted by Gasteiger charge is 2.46. The van der Waals surface area contributed by atoms with Crippen LogP contribution in [0.25, 0.3) is 10.9 Å². The molecule has 1 aliphatic rings. The van der Waals surface area contributed by atoms with E-state index in [0.29, 0.717) is 22.8 Å². The number of nitrogens with zero attached hydrogens (tertiary/aromatic N) is 3. The van der Waals surface area contributed by atoms with Crippen LogP contribution in [0.5, 0.6) is 0 Å². The number of fused-ring (bicyclic) bond motifs is 3. The van der Waals surface area contributed by atoms with Gasteiger partial charge in [-0.1, -0.05) is 60.1 Å². The van der Waals surface area contributed by atoms with E-state index in [1.54, 1.807) is 33.8 Å². The minimum atomic E-state index is -0.815. The molecule has 2 atom stereocenters. The van der Waals surface area contributed by atoms with Gasteiger partial charge in [0.05, 0.1) is 11.6 Å². The molecule has 5 rings (SSSR count). The maximum atomic E-state index is 14.1. The SMILES string of the molecule is CC(C)(C)NC(=O)C1C(Cc2ccccc2)n2nc3ccccc3c2C(=O)N1c1ccc(Cl)cc1. The molecule has 0 saturated carbocycles. The first-order valence-corrected chi connectivity index (χ1v) is 12.0. The first-order valence-electron chi connectivity index (χ1n) is 11.7. The molecule has 1 aromatic heterocycles. The van der Waals surface area contributed by atoms with Crippen molar-refractivity contribution in [3.63, 3.8) is 0 Å². The molecule has 35 heavy (non-hydrogen) atoms. The molecule has 6 nitrogen and oxygen atoms in total. The van der Waals surface area contributed by atoms with E-state index in [1.807, 2.05) is 75.4 Å². The summed E-state index contributed by atoms with van der Waals surface area (Å²) in [6, 6.07) is 23.4. The van der Waals surface area contributed by atoms with Gasteiger partial charge in [0.15, 0.2) is 0 Å². The van der Waals surface area contributed by atoms with Crippen molar-refractivity contribution in [2.45, 2.75) is 44.8 Å². The van der Waals surface area contributed by atoms with Crippen LogP contribution in [-0.2, 0) is 11.2 Å². The Hall–Kier alpha value is -3.64. The van der Waals surface area contributed by atoms with Crippen molar-refractivity contribution in [1.82, 2.24) is 15.1 Å². The zero-order valence-electron chi connectivity index (χ0n) is 19.9. The summed E-state index contributed by atoms with van der Waals surface area (Å²) in [7, 11) is 0. The van der Waals surface area contributed by atoms with E-state index in [9.17, 15) is 9.59 Å². The number of carbonyl (C=O) groups is 2. The van der Waals surface area contributed by atoms with Gasteiger partial charge in [0.25, 0.3) is 5.91 Å². The van der Waals surface area contributed by atoms with Crippen molar-refractivity contribution in [1.29, 1.82) is 0 Å². The van der Waals surface area contributed by atoms with Gasteiger partial charge >= 0.3 is 0 Å². The molecule has 1 aliphatic heterocycles. The number of nitrogens with one attached hydrogen (secondary N) is 1. The minimum absolute atomic E-state index is 0.230. The zero-order chi connectivity index (χ0) is 24.7. The minimum Gasteiger partial charge on any atom is -0.350 e. The summed E-state index contributed by atoms with van der Waals surface area (Å²) in [5, 5.41) is 9.25. The van der Waals surface area contributed by atoms with Crippen LogP contribution >= 0.6 is 11.6 Å². The van der Waals surface area contributed by atoms with Crippen LogP contribution in [0.1, 0.15) is 42.9 Å². The number of rotatable bonds is 4. The van der Waals surface area contributed by atoms with Crippen LogP contribution in [-0.4, -0.2) is 33.2 Å². The number of amides is 2. The Morgan fingerprint density at radius 1 is 0.971 bits per heavy atom. The molecule has 0 saturated heterocycles. The molecule has 0 fully saturated rings. The lowest BCUT2D eigenvalue weighted by atomic mass is 9.92. The molecule has 178 valence electrons.